The lowest BCUT2D eigenvalue weighted by Crippen LogP contribution is -2.49. The Labute approximate surface area is 160 Å². The minimum atomic E-state index is -0.659. The zero-order chi connectivity index (χ0) is 19.4. The summed E-state index contributed by atoms with van der Waals surface area (Å²) in [5.74, 6) is -0.468. The highest BCUT2D eigenvalue weighted by atomic mass is 19.1. The molecule has 1 atom stereocenters. The fourth-order valence-corrected chi connectivity index (χ4v) is 3.57. The molecule has 1 aromatic rings. The van der Waals surface area contributed by atoms with Gasteiger partial charge < -0.3 is 10.6 Å². The lowest BCUT2D eigenvalue weighted by Gasteiger charge is -2.33. The molecule has 1 aliphatic carbocycles. The van der Waals surface area contributed by atoms with E-state index in [0.29, 0.717) is 18.2 Å². The molecule has 2 aliphatic rings. The monoisotopic (exact) mass is 376 g/mol. The van der Waals surface area contributed by atoms with Gasteiger partial charge in [-0.25, -0.2) is 4.39 Å². The molecule has 0 spiro atoms. The fraction of sp³-hybridized carbons (Fsp3) is 0.600. The molecule has 7 heteroatoms. The number of amides is 2. The summed E-state index contributed by atoms with van der Waals surface area (Å²) in [4.78, 5) is 28.6. The number of likely N-dealkylation sites (N-methyl/N-ethyl adjacent to an activating group) is 1. The fourth-order valence-electron chi connectivity index (χ4n) is 3.57. The summed E-state index contributed by atoms with van der Waals surface area (Å²) < 4.78 is 14.2. The van der Waals surface area contributed by atoms with Crippen molar-refractivity contribution in [2.75, 3.05) is 33.7 Å². The molecule has 1 saturated heterocycles. The number of nitrogens with zero attached hydrogens (tertiary/aromatic N) is 2. The van der Waals surface area contributed by atoms with Crippen molar-refractivity contribution in [2.24, 2.45) is 0 Å². The topological polar surface area (TPSA) is 64.7 Å². The number of hydrogen-bond donors (Lipinski definition) is 2. The number of nitrogens with one attached hydrogen (secondary N) is 2. The minimum Gasteiger partial charge on any atom is -0.352 e. The summed E-state index contributed by atoms with van der Waals surface area (Å²) in [7, 11) is 3.55. The normalized spacial score (nSPS) is 19.7. The van der Waals surface area contributed by atoms with Crippen LogP contribution in [0.25, 0.3) is 0 Å². The first-order valence-corrected chi connectivity index (χ1v) is 9.67. The molecule has 1 aromatic carbocycles. The maximum atomic E-state index is 14.2. The average molecular weight is 376 g/mol. The molecule has 1 heterocycles. The first-order chi connectivity index (χ1) is 12.9. The molecule has 0 unspecified atom stereocenters. The molecule has 0 bridgehead atoms. The smallest absolute Gasteiger partial charge is 0.242 e. The maximum Gasteiger partial charge on any atom is 0.242 e. The molecule has 1 saturated carbocycles. The lowest BCUT2D eigenvalue weighted by molar-refractivity contribution is -0.127. The van der Waals surface area contributed by atoms with Crippen LogP contribution in [0.15, 0.2) is 24.3 Å². The first kappa shape index (κ1) is 19.8. The van der Waals surface area contributed by atoms with E-state index in [4.69, 9.17) is 0 Å². The average Bonchev–Trinajstić information content (AvgIpc) is 3.42. The lowest BCUT2D eigenvalue weighted by atomic mass is 10.0. The zero-order valence-electron chi connectivity index (χ0n) is 16.1. The van der Waals surface area contributed by atoms with Gasteiger partial charge >= 0.3 is 0 Å². The van der Waals surface area contributed by atoms with Gasteiger partial charge in [-0.15, -0.1) is 0 Å². The highest BCUT2D eigenvalue weighted by molar-refractivity contribution is 5.83. The number of halogens is 1. The van der Waals surface area contributed by atoms with Crippen LogP contribution in [-0.2, 0) is 9.59 Å². The Hall–Kier alpha value is -1.99. The number of benzene rings is 1. The second-order valence-corrected chi connectivity index (χ2v) is 7.79. The van der Waals surface area contributed by atoms with Crippen LogP contribution in [0.1, 0.15) is 37.3 Å². The van der Waals surface area contributed by atoms with E-state index >= 15 is 0 Å². The third-order valence-corrected chi connectivity index (χ3v) is 5.21. The molecule has 2 N–H and O–H groups in total. The summed E-state index contributed by atoms with van der Waals surface area (Å²) in [6.45, 7) is 1.97. The van der Waals surface area contributed by atoms with Gasteiger partial charge in [0.25, 0.3) is 0 Å². The van der Waals surface area contributed by atoms with E-state index in [-0.39, 0.29) is 23.7 Å². The third kappa shape index (κ3) is 5.49. The molecular formula is C20H29FN4O2. The number of likely N-dealkylation sites (tertiary alicyclic amines) is 1. The van der Waals surface area contributed by atoms with E-state index in [9.17, 15) is 14.0 Å². The van der Waals surface area contributed by atoms with Gasteiger partial charge in [0.15, 0.2) is 0 Å². The summed E-state index contributed by atoms with van der Waals surface area (Å²) >= 11 is 0. The number of piperidine rings is 1. The van der Waals surface area contributed by atoms with E-state index in [0.717, 1.165) is 38.8 Å². The molecule has 0 aromatic heterocycles. The molecule has 27 heavy (non-hydrogen) atoms. The molecule has 2 fully saturated rings. The van der Waals surface area contributed by atoms with Gasteiger partial charge in [-0.2, -0.15) is 0 Å². The number of carbonyl (C=O) groups is 2. The number of carbonyl (C=O) groups excluding carboxylic acids is 2. The molecule has 6 nitrogen and oxygen atoms in total. The highest BCUT2D eigenvalue weighted by Crippen LogP contribution is 2.22. The van der Waals surface area contributed by atoms with Crippen LogP contribution >= 0.6 is 0 Å². The van der Waals surface area contributed by atoms with Gasteiger partial charge in [-0.1, -0.05) is 18.2 Å². The van der Waals surface area contributed by atoms with E-state index in [1.165, 1.54) is 6.07 Å². The minimum absolute atomic E-state index is 0.0504. The summed E-state index contributed by atoms with van der Waals surface area (Å²) in [5.41, 5.74) is 0.384. The van der Waals surface area contributed by atoms with Crippen molar-refractivity contribution < 1.29 is 14.0 Å². The Morgan fingerprint density at radius 1 is 1.11 bits per heavy atom. The van der Waals surface area contributed by atoms with Crippen LogP contribution in [0.4, 0.5) is 4.39 Å². The van der Waals surface area contributed by atoms with Crippen molar-refractivity contribution in [2.45, 2.75) is 43.8 Å². The highest BCUT2D eigenvalue weighted by Gasteiger charge is 2.30. The zero-order valence-corrected chi connectivity index (χ0v) is 16.1. The second kappa shape index (κ2) is 8.80. The molecule has 3 rings (SSSR count). The van der Waals surface area contributed by atoms with Crippen LogP contribution in [0.3, 0.4) is 0 Å². The Morgan fingerprint density at radius 3 is 2.33 bits per heavy atom. The van der Waals surface area contributed by atoms with Crippen LogP contribution < -0.4 is 10.6 Å². The van der Waals surface area contributed by atoms with Crippen molar-refractivity contribution in [3.63, 3.8) is 0 Å². The Morgan fingerprint density at radius 2 is 1.74 bits per heavy atom. The molecule has 1 aliphatic heterocycles. The van der Waals surface area contributed by atoms with Crippen molar-refractivity contribution >= 4 is 11.8 Å². The van der Waals surface area contributed by atoms with Gasteiger partial charge in [-0.05, 0) is 45.8 Å². The van der Waals surface area contributed by atoms with Gasteiger partial charge in [0.2, 0.25) is 11.8 Å². The van der Waals surface area contributed by atoms with Crippen LogP contribution in [0.5, 0.6) is 0 Å². The van der Waals surface area contributed by atoms with Gasteiger partial charge in [0.1, 0.15) is 11.9 Å². The predicted octanol–water partition coefficient (Wildman–Crippen LogP) is 1.29. The van der Waals surface area contributed by atoms with Crippen molar-refractivity contribution in [3.05, 3.63) is 35.6 Å². The molecule has 148 valence electrons. The number of hydrogen-bond acceptors (Lipinski definition) is 4. The van der Waals surface area contributed by atoms with Crippen LogP contribution in [-0.4, -0.2) is 67.4 Å². The summed E-state index contributed by atoms with van der Waals surface area (Å²) in [6, 6.07) is 6.18. The molecular weight excluding hydrogens is 347 g/mol. The second-order valence-electron chi connectivity index (χ2n) is 7.79. The maximum absolute atomic E-state index is 14.2. The SMILES string of the molecule is CN(C)[C@H](C(=O)NC1CCN(CC(=O)NC2CC2)CC1)c1ccccc1F. The summed E-state index contributed by atoms with van der Waals surface area (Å²) in [5, 5.41) is 6.07. The van der Waals surface area contributed by atoms with E-state index < -0.39 is 6.04 Å². The first-order valence-electron chi connectivity index (χ1n) is 9.67. The Kier molecular flexibility index (Phi) is 6.44. The largest absolute Gasteiger partial charge is 0.352 e. The molecule has 0 radical (unpaired) electrons. The Bertz CT molecular complexity index is 670. The molecule has 2 amide bonds. The van der Waals surface area contributed by atoms with Gasteiger partial charge in [0, 0.05) is 30.7 Å². The van der Waals surface area contributed by atoms with Gasteiger partial charge in [0.05, 0.1) is 6.54 Å². The standard InChI is InChI=1S/C20H29FN4O2/c1-24(2)19(16-5-3-4-6-17(16)21)20(27)23-15-9-11-25(12-10-15)13-18(26)22-14-7-8-14/h3-6,14-15,19H,7-13H2,1-2H3,(H,22,26)(H,23,27)/t19-/m0/s1. The number of rotatable bonds is 7. The van der Waals surface area contributed by atoms with Crippen molar-refractivity contribution in [1.82, 2.24) is 20.4 Å². The van der Waals surface area contributed by atoms with Crippen molar-refractivity contribution in [1.29, 1.82) is 0 Å². The van der Waals surface area contributed by atoms with Crippen molar-refractivity contribution in [3.8, 4) is 0 Å². The van der Waals surface area contributed by atoms with Crippen LogP contribution in [0.2, 0.25) is 0 Å². The van der Waals surface area contributed by atoms with Crippen LogP contribution in [0, 0.1) is 5.82 Å². The van der Waals surface area contributed by atoms with Gasteiger partial charge in [-0.3, -0.25) is 19.4 Å². The van der Waals surface area contributed by atoms with E-state index in [2.05, 4.69) is 15.5 Å². The quantitative estimate of drug-likeness (QED) is 0.753. The third-order valence-electron chi connectivity index (χ3n) is 5.21. The predicted molar refractivity (Wildman–Crippen MR) is 102 cm³/mol. The Balaban J connectivity index is 1.50. The van der Waals surface area contributed by atoms with E-state index in [1.807, 2.05) is 0 Å². The van der Waals surface area contributed by atoms with E-state index in [1.54, 1.807) is 37.2 Å². The summed E-state index contributed by atoms with van der Waals surface area (Å²) in [6.07, 6.45) is 3.77.